The van der Waals surface area contributed by atoms with Gasteiger partial charge >= 0.3 is 0 Å². The number of alkyl halides is 7. The average molecular weight is 394 g/mol. The molecule has 0 aromatic carbocycles. The van der Waals surface area contributed by atoms with E-state index in [1.54, 1.807) is 0 Å². The fourth-order valence-corrected chi connectivity index (χ4v) is 1.93. The van der Waals surface area contributed by atoms with Gasteiger partial charge in [-0.2, -0.15) is 0 Å². The Hall–Kier alpha value is 2.35. The first kappa shape index (κ1) is 17.4. The first-order chi connectivity index (χ1) is 6.32. The maximum atomic E-state index is 5.82. The zero-order valence-corrected chi connectivity index (χ0v) is 13.7. The Balaban J connectivity index is 5.44. The minimum absolute atomic E-state index is 0.347. The third kappa shape index (κ3) is 4.50. The van der Waals surface area contributed by atoms with Gasteiger partial charge in [-0.15, -0.1) is 0 Å². The molecule has 0 aliphatic heterocycles. The number of allylic oxidation sites excluding steroid dienone is 2. The zero-order chi connectivity index (χ0) is 12.7. The van der Waals surface area contributed by atoms with Gasteiger partial charge in [-0.25, -0.2) is 0 Å². The monoisotopic (exact) mass is 390 g/mol. The fourth-order valence-electron chi connectivity index (χ4n) is 0.455. The second-order valence-electron chi connectivity index (χ2n) is 2.59. The maximum Gasteiger partial charge on any atom is 0.227 e. The molecule has 0 radical (unpaired) electrons. The van der Waals surface area contributed by atoms with Gasteiger partial charge in [0.1, 0.15) is 0 Å². The van der Waals surface area contributed by atoms with E-state index >= 15 is 0 Å². The molecule has 0 amide bonds. The van der Waals surface area contributed by atoms with Crippen LogP contribution in [0.5, 0.6) is 0 Å². The van der Waals surface area contributed by atoms with Crippen molar-refractivity contribution < 1.29 is 0 Å². The molecule has 9 heteroatoms. The SMILES string of the molecule is CC(Cl)(Cl)C(Cl)(Cl)C(Cl)=C(Cl)C(Cl)(Cl)Cl. The van der Waals surface area contributed by atoms with Crippen molar-refractivity contribution >= 4 is 104 Å². The lowest BCUT2D eigenvalue weighted by Gasteiger charge is -2.30. The zero-order valence-electron chi connectivity index (χ0n) is 6.90. The molecule has 0 saturated heterocycles. The Labute approximate surface area is 133 Å². The normalized spacial score (nSPS) is 16.4. The highest BCUT2D eigenvalue weighted by Crippen LogP contribution is 2.53. The van der Waals surface area contributed by atoms with E-state index in [4.69, 9.17) is 104 Å². The minimum Gasteiger partial charge on any atom is -0.0982 e. The van der Waals surface area contributed by atoms with Crippen LogP contribution in [0.15, 0.2) is 10.1 Å². The standard InChI is InChI=1S/C6H3Cl9/c1-4(9,10)5(11,12)2(7)3(8)6(13,14)15/h1H3. The van der Waals surface area contributed by atoms with E-state index < -0.39 is 12.5 Å². The van der Waals surface area contributed by atoms with Crippen LogP contribution in [-0.4, -0.2) is 12.5 Å². The molecule has 0 nitrogen and oxygen atoms in total. The topological polar surface area (TPSA) is 0 Å². The lowest BCUT2D eigenvalue weighted by molar-refractivity contribution is 0.812. The predicted molar refractivity (Wildman–Crippen MR) is 73.6 cm³/mol. The van der Waals surface area contributed by atoms with E-state index in [0.29, 0.717) is 0 Å². The molecule has 0 N–H and O–H groups in total. The molecule has 0 fully saturated rings. The molecule has 0 spiro atoms. The van der Waals surface area contributed by atoms with Gasteiger partial charge in [-0.05, 0) is 6.92 Å². The third-order valence-electron chi connectivity index (χ3n) is 1.27. The van der Waals surface area contributed by atoms with Crippen molar-refractivity contribution in [1.82, 2.24) is 0 Å². The molecule has 15 heavy (non-hydrogen) atoms. The summed E-state index contributed by atoms with van der Waals surface area (Å²) in [5.74, 6) is 0. The van der Waals surface area contributed by atoms with E-state index in [2.05, 4.69) is 0 Å². The van der Waals surface area contributed by atoms with Gasteiger partial charge < -0.3 is 0 Å². The summed E-state index contributed by atoms with van der Waals surface area (Å²) < 4.78 is -5.45. The first-order valence-corrected chi connectivity index (χ1v) is 6.60. The summed E-state index contributed by atoms with van der Waals surface area (Å²) in [4.78, 5) is 0. The quantitative estimate of drug-likeness (QED) is 0.475. The molecule has 0 saturated carbocycles. The van der Waals surface area contributed by atoms with E-state index in [1.165, 1.54) is 6.92 Å². The van der Waals surface area contributed by atoms with E-state index in [1.807, 2.05) is 0 Å². The van der Waals surface area contributed by atoms with Gasteiger partial charge in [0, 0.05) is 0 Å². The second kappa shape index (κ2) is 5.55. The van der Waals surface area contributed by atoms with Crippen molar-refractivity contribution in [1.29, 1.82) is 0 Å². The second-order valence-corrected chi connectivity index (χ2v) is 8.66. The summed E-state index contributed by atoms with van der Waals surface area (Å²) in [6.07, 6.45) is 0. The Kier molecular flexibility index (Phi) is 6.42. The molecule has 90 valence electrons. The largest absolute Gasteiger partial charge is 0.227 e. The smallest absolute Gasteiger partial charge is 0.0982 e. The van der Waals surface area contributed by atoms with Crippen LogP contribution in [0, 0.1) is 0 Å². The Bertz CT molecular complexity index is 265. The number of rotatable bonds is 2. The number of hydrogen-bond donors (Lipinski definition) is 0. The van der Waals surface area contributed by atoms with E-state index in [0.717, 1.165) is 0 Å². The predicted octanol–water partition coefficient (Wildman–Crippen LogP) is 6.41. The molecule has 0 heterocycles. The van der Waals surface area contributed by atoms with Gasteiger partial charge in [-0.3, -0.25) is 0 Å². The van der Waals surface area contributed by atoms with Crippen LogP contribution in [-0.2, 0) is 0 Å². The highest BCUT2D eigenvalue weighted by Gasteiger charge is 2.49. The van der Waals surface area contributed by atoms with Crippen LogP contribution < -0.4 is 0 Å². The van der Waals surface area contributed by atoms with E-state index in [-0.39, 0.29) is 10.1 Å². The van der Waals surface area contributed by atoms with Crippen LogP contribution in [0.2, 0.25) is 0 Å². The third-order valence-corrected chi connectivity index (χ3v) is 5.45. The number of hydrogen-bond acceptors (Lipinski definition) is 0. The highest BCUT2D eigenvalue weighted by molar-refractivity contribution is 6.74. The lowest BCUT2D eigenvalue weighted by atomic mass is 10.3. The maximum absolute atomic E-state index is 5.82. The molecule has 0 unspecified atom stereocenters. The molecule has 0 atom stereocenters. The van der Waals surface area contributed by atoms with Crippen molar-refractivity contribution in [3.63, 3.8) is 0 Å². The van der Waals surface area contributed by atoms with Crippen LogP contribution in [0.3, 0.4) is 0 Å². The van der Waals surface area contributed by atoms with Gasteiger partial charge in [0.2, 0.25) is 3.79 Å². The van der Waals surface area contributed by atoms with Crippen LogP contribution >= 0.6 is 104 Å². The highest BCUT2D eigenvalue weighted by atomic mass is 35.6. The summed E-state index contributed by atoms with van der Waals surface area (Å²) in [7, 11) is 0. The van der Waals surface area contributed by atoms with Crippen LogP contribution in [0.25, 0.3) is 0 Å². The summed E-state index contributed by atoms with van der Waals surface area (Å²) in [5.41, 5.74) is 0. The molecular weight excluding hydrogens is 391 g/mol. The van der Waals surface area contributed by atoms with Gasteiger partial charge in [0.25, 0.3) is 0 Å². The molecule has 0 bridgehead atoms. The Morgan fingerprint density at radius 3 is 1.27 bits per heavy atom. The van der Waals surface area contributed by atoms with Gasteiger partial charge in [-0.1, -0.05) is 104 Å². The molecule has 0 aliphatic carbocycles. The molecular formula is C6H3Cl9. The van der Waals surface area contributed by atoms with Crippen molar-refractivity contribution in [2.45, 2.75) is 19.4 Å². The molecule has 0 aromatic heterocycles. The van der Waals surface area contributed by atoms with Gasteiger partial charge in [0.15, 0.2) is 8.67 Å². The van der Waals surface area contributed by atoms with Gasteiger partial charge in [0.05, 0.1) is 10.1 Å². The Morgan fingerprint density at radius 2 is 1.07 bits per heavy atom. The summed E-state index contributed by atoms with van der Waals surface area (Å²) in [5, 5.41) is -0.716. The van der Waals surface area contributed by atoms with Crippen molar-refractivity contribution in [2.75, 3.05) is 0 Å². The van der Waals surface area contributed by atoms with E-state index in [9.17, 15) is 0 Å². The van der Waals surface area contributed by atoms with Crippen molar-refractivity contribution in [2.24, 2.45) is 0 Å². The molecule has 0 aromatic rings. The molecule has 0 rings (SSSR count). The van der Waals surface area contributed by atoms with Crippen molar-refractivity contribution in [3.05, 3.63) is 10.1 Å². The number of halogens is 9. The Morgan fingerprint density at radius 1 is 0.733 bits per heavy atom. The molecule has 0 aliphatic rings. The van der Waals surface area contributed by atoms with Crippen molar-refractivity contribution in [3.8, 4) is 0 Å². The van der Waals surface area contributed by atoms with Crippen LogP contribution in [0.4, 0.5) is 0 Å². The fraction of sp³-hybridized carbons (Fsp3) is 0.667. The summed E-state index contributed by atoms with van der Waals surface area (Å²) in [6, 6.07) is 0. The lowest BCUT2D eigenvalue weighted by Crippen LogP contribution is -2.35. The first-order valence-electron chi connectivity index (χ1n) is 3.20. The average Bonchev–Trinajstić information content (AvgIpc) is 1.97. The van der Waals surface area contributed by atoms with Crippen LogP contribution in [0.1, 0.15) is 6.92 Å². The summed E-state index contributed by atoms with van der Waals surface area (Å²) >= 11 is 50.9. The summed E-state index contributed by atoms with van der Waals surface area (Å²) in [6.45, 7) is 1.32. The minimum atomic E-state index is -1.95.